The lowest BCUT2D eigenvalue weighted by atomic mass is 9.83. The van der Waals surface area contributed by atoms with E-state index in [0.717, 1.165) is 22.4 Å². The molecule has 7 heteroatoms. The molecular formula is C27H20N2O5. The molecule has 1 aliphatic heterocycles. The molecule has 34 heavy (non-hydrogen) atoms. The van der Waals surface area contributed by atoms with Crippen LogP contribution < -0.4 is 25.6 Å². The largest absolute Gasteiger partial charge is 0.497 e. The fourth-order valence-electron chi connectivity index (χ4n) is 4.23. The highest BCUT2D eigenvalue weighted by atomic mass is 16.5. The zero-order valence-electron chi connectivity index (χ0n) is 18.5. The zero-order chi connectivity index (χ0) is 23.8. The molecule has 0 aliphatic carbocycles. The summed E-state index contributed by atoms with van der Waals surface area (Å²) in [7, 11) is 3.15. The number of hydrogen-bond donors (Lipinski definition) is 1. The van der Waals surface area contributed by atoms with Gasteiger partial charge in [0.2, 0.25) is 5.88 Å². The first-order chi connectivity index (χ1) is 16.5. The number of allylic oxidation sites excluding steroid dienone is 1. The predicted octanol–water partition coefficient (Wildman–Crippen LogP) is 4.70. The van der Waals surface area contributed by atoms with Gasteiger partial charge < -0.3 is 24.4 Å². The van der Waals surface area contributed by atoms with E-state index in [-0.39, 0.29) is 22.8 Å². The number of fused-ring (bicyclic) bond motifs is 3. The van der Waals surface area contributed by atoms with E-state index in [1.807, 2.05) is 48.5 Å². The second-order valence-corrected chi connectivity index (χ2v) is 7.77. The van der Waals surface area contributed by atoms with Gasteiger partial charge in [-0.05, 0) is 41.0 Å². The number of ether oxygens (including phenoxy) is 3. The number of nitrogens with two attached hydrogens (primary N) is 1. The molecule has 0 spiro atoms. The van der Waals surface area contributed by atoms with Crippen molar-refractivity contribution in [3.63, 3.8) is 0 Å². The van der Waals surface area contributed by atoms with Crippen molar-refractivity contribution < 1.29 is 18.6 Å². The van der Waals surface area contributed by atoms with Crippen molar-refractivity contribution >= 4 is 11.0 Å². The van der Waals surface area contributed by atoms with Gasteiger partial charge >= 0.3 is 5.63 Å². The molecule has 4 aromatic rings. The Morgan fingerprint density at radius 2 is 1.68 bits per heavy atom. The SMILES string of the molecule is COc1cccc(-c2ccc(C3C(C#N)=C(N)Oc4c3c(=O)oc3cc(OC)ccc43)cc2)c1. The van der Waals surface area contributed by atoms with Crippen molar-refractivity contribution in [2.75, 3.05) is 14.2 Å². The molecule has 5 rings (SSSR count). The molecule has 1 unspecified atom stereocenters. The minimum atomic E-state index is -0.726. The Morgan fingerprint density at radius 1 is 0.941 bits per heavy atom. The lowest BCUT2D eigenvalue weighted by molar-refractivity contribution is 0.387. The molecule has 3 aromatic carbocycles. The van der Waals surface area contributed by atoms with Crippen LogP contribution in [0.4, 0.5) is 0 Å². The average molecular weight is 452 g/mol. The third kappa shape index (κ3) is 3.42. The Morgan fingerprint density at radius 3 is 2.38 bits per heavy atom. The maximum atomic E-state index is 13.1. The van der Waals surface area contributed by atoms with E-state index in [9.17, 15) is 10.1 Å². The van der Waals surface area contributed by atoms with E-state index in [4.69, 9.17) is 24.4 Å². The van der Waals surface area contributed by atoms with Crippen LogP contribution in [0.5, 0.6) is 17.2 Å². The molecule has 7 nitrogen and oxygen atoms in total. The number of nitriles is 1. The average Bonchev–Trinajstić information content (AvgIpc) is 2.87. The number of rotatable bonds is 4. The summed E-state index contributed by atoms with van der Waals surface area (Å²) in [6.45, 7) is 0. The van der Waals surface area contributed by atoms with Crippen LogP contribution in [0.15, 0.2) is 87.4 Å². The van der Waals surface area contributed by atoms with Crippen LogP contribution in [0.2, 0.25) is 0 Å². The van der Waals surface area contributed by atoms with Crippen LogP contribution in [0.1, 0.15) is 17.0 Å². The topological polar surface area (TPSA) is 108 Å². The van der Waals surface area contributed by atoms with Crippen molar-refractivity contribution in [1.29, 1.82) is 5.26 Å². The van der Waals surface area contributed by atoms with Gasteiger partial charge in [0.05, 0.1) is 31.1 Å². The van der Waals surface area contributed by atoms with Gasteiger partial charge in [-0.3, -0.25) is 0 Å². The second kappa shape index (κ2) is 8.34. The van der Waals surface area contributed by atoms with E-state index in [1.165, 1.54) is 7.11 Å². The molecule has 0 saturated heterocycles. The summed E-state index contributed by atoms with van der Waals surface area (Å²) in [5, 5.41) is 10.4. The maximum Gasteiger partial charge on any atom is 0.344 e. The molecular weight excluding hydrogens is 432 g/mol. The number of nitrogens with zero attached hydrogens (tertiary/aromatic N) is 1. The summed E-state index contributed by atoms with van der Waals surface area (Å²) in [5.41, 5.74) is 8.90. The minimum absolute atomic E-state index is 0.0420. The lowest BCUT2D eigenvalue weighted by Gasteiger charge is -2.26. The van der Waals surface area contributed by atoms with Gasteiger partial charge in [-0.15, -0.1) is 0 Å². The van der Waals surface area contributed by atoms with Crippen molar-refractivity contribution in [2.24, 2.45) is 5.73 Å². The van der Waals surface area contributed by atoms with Gasteiger partial charge in [0.25, 0.3) is 0 Å². The molecule has 2 N–H and O–H groups in total. The molecule has 168 valence electrons. The number of hydrogen-bond acceptors (Lipinski definition) is 7. The van der Waals surface area contributed by atoms with Crippen molar-refractivity contribution in [2.45, 2.75) is 5.92 Å². The fraction of sp³-hybridized carbons (Fsp3) is 0.111. The molecule has 0 saturated carbocycles. The van der Waals surface area contributed by atoms with Crippen LogP contribution in [-0.4, -0.2) is 14.2 Å². The van der Waals surface area contributed by atoms with E-state index < -0.39 is 11.5 Å². The molecule has 0 radical (unpaired) electrons. The number of methoxy groups -OCH3 is 2. The summed E-state index contributed by atoms with van der Waals surface area (Å²) in [6, 6.07) is 22.5. The maximum absolute atomic E-state index is 13.1. The summed E-state index contributed by atoms with van der Waals surface area (Å²) < 4.78 is 21.9. The monoisotopic (exact) mass is 452 g/mol. The number of benzene rings is 3. The first-order valence-corrected chi connectivity index (χ1v) is 10.5. The smallest absolute Gasteiger partial charge is 0.344 e. The first-order valence-electron chi connectivity index (χ1n) is 10.5. The molecule has 2 heterocycles. The molecule has 0 amide bonds. The van der Waals surface area contributed by atoms with E-state index in [1.54, 1.807) is 25.3 Å². The Kier molecular flexibility index (Phi) is 5.19. The van der Waals surface area contributed by atoms with Crippen molar-refractivity contribution in [3.8, 4) is 34.4 Å². The Bertz CT molecular complexity index is 1540. The first kappa shape index (κ1) is 21.2. The second-order valence-electron chi connectivity index (χ2n) is 7.77. The highest BCUT2D eigenvalue weighted by Gasteiger charge is 2.35. The van der Waals surface area contributed by atoms with Gasteiger partial charge in [-0.25, -0.2) is 4.79 Å². The Hall–Kier alpha value is -4.70. The highest BCUT2D eigenvalue weighted by molar-refractivity contribution is 5.87. The molecule has 1 aliphatic rings. The van der Waals surface area contributed by atoms with Gasteiger partial charge in [-0.2, -0.15) is 5.26 Å². The Balaban J connectivity index is 1.66. The van der Waals surface area contributed by atoms with E-state index in [0.29, 0.717) is 16.7 Å². The summed E-state index contributed by atoms with van der Waals surface area (Å²) in [5.74, 6) is 0.809. The quantitative estimate of drug-likeness (QED) is 0.447. The summed E-state index contributed by atoms with van der Waals surface area (Å²) in [4.78, 5) is 13.1. The van der Waals surface area contributed by atoms with Crippen LogP contribution in [0, 0.1) is 11.3 Å². The Labute approximate surface area is 195 Å². The van der Waals surface area contributed by atoms with E-state index in [2.05, 4.69) is 6.07 Å². The fourth-order valence-corrected chi connectivity index (χ4v) is 4.23. The van der Waals surface area contributed by atoms with Crippen LogP contribution >= 0.6 is 0 Å². The van der Waals surface area contributed by atoms with Crippen molar-refractivity contribution in [3.05, 3.63) is 99.7 Å². The third-order valence-electron chi connectivity index (χ3n) is 5.92. The summed E-state index contributed by atoms with van der Waals surface area (Å²) in [6.07, 6.45) is 0. The van der Waals surface area contributed by atoms with Gasteiger partial charge in [-0.1, -0.05) is 36.4 Å². The van der Waals surface area contributed by atoms with Gasteiger partial charge in [0.15, 0.2) is 5.75 Å². The van der Waals surface area contributed by atoms with Crippen molar-refractivity contribution in [1.82, 2.24) is 0 Å². The molecule has 1 aromatic heterocycles. The normalized spacial score (nSPS) is 14.8. The minimum Gasteiger partial charge on any atom is -0.497 e. The van der Waals surface area contributed by atoms with Gasteiger partial charge in [0, 0.05) is 6.07 Å². The van der Waals surface area contributed by atoms with Crippen LogP contribution in [-0.2, 0) is 0 Å². The molecule has 0 bridgehead atoms. The zero-order valence-corrected chi connectivity index (χ0v) is 18.5. The standard InChI is InChI=1S/C27H20N2O5/c1-31-18-5-3-4-17(12-18)15-6-8-16(9-7-15)23-21(14-28)26(29)34-25-20-11-10-19(32-2)13-22(20)33-27(30)24(23)25/h3-13,23H,29H2,1-2H3. The van der Waals surface area contributed by atoms with Gasteiger partial charge in [0.1, 0.15) is 28.7 Å². The van der Waals surface area contributed by atoms with Crippen LogP contribution in [0.25, 0.3) is 22.1 Å². The summed E-state index contributed by atoms with van der Waals surface area (Å²) >= 11 is 0. The van der Waals surface area contributed by atoms with Crippen LogP contribution in [0.3, 0.4) is 0 Å². The molecule has 1 atom stereocenters. The lowest BCUT2D eigenvalue weighted by Crippen LogP contribution is -2.26. The highest BCUT2D eigenvalue weighted by Crippen LogP contribution is 2.44. The third-order valence-corrected chi connectivity index (χ3v) is 5.92. The predicted molar refractivity (Wildman–Crippen MR) is 127 cm³/mol. The molecule has 0 fully saturated rings. The van der Waals surface area contributed by atoms with E-state index >= 15 is 0 Å².